The van der Waals surface area contributed by atoms with E-state index in [1.807, 2.05) is 31.2 Å². The fourth-order valence-corrected chi connectivity index (χ4v) is 1.75. The maximum Gasteiger partial charge on any atom is 0.185 e. The lowest BCUT2D eigenvalue weighted by molar-refractivity contribution is 0.0935. The van der Waals surface area contributed by atoms with E-state index in [9.17, 15) is 4.79 Å². The van der Waals surface area contributed by atoms with Gasteiger partial charge in [0.25, 0.3) is 0 Å². The first kappa shape index (κ1) is 11.1. The molecule has 4 heteroatoms. The average Bonchev–Trinajstić information content (AvgIpc) is 2.81. The Hall–Kier alpha value is -1.42. The molecule has 0 saturated carbocycles. The number of halogens is 1. The summed E-state index contributed by atoms with van der Waals surface area (Å²) in [4.78, 5) is 16.0. The molecule has 1 aromatic carbocycles. The van der Waals surface area contributed by atoms with Gasteiger partial charge in [-0.05, 0) is 19.1 Å². The summed E-state index contributed by atoms with van der Waals surface area (Å²) in [7, 11) is 0. The van der Waals surface area contributed by atoms with Crippen LogP contribution in [0.15, 0.2) is 47.5 Å². The number of rotatable bonds is 3. The number of benzene rings is 1. The molecule has 0 aliphatic heterocycles. The highest BCUT2D eigenvalue weighted by Crippen LogP contribution is 2.16. The SMILES string of the molecule is CC(C(=O)c1ccc(Br)cc1)n1ccnc1. The quantitative estimate of drug-likeness (QED) is 0.809. The van der Waals surface area contributed by atoms with Crippen LogP contribution in [0.1, 0.15) is 23.3 Å². The van der Waals surface area contributed by atoms with Crippen molar-refractivity contribution in [1.29, 1.82) is 0 Å². The maximum absolute atomic E-state index is 12.1. The molecule has 0 aliphatic carbocycles. The lowest BCUT2D eigenvalue weighted by atomic mass is 10.1. The second-order valence-corrected chi connectivity index (χ2v) is 4.47. The standard InChI is InChI=1S/C12H11BrN2O/c1-9(15-7-6-14-8-15)12(16)10-2-4-11(13)5-3-10/h2-9H,1H3. The maximum atomic E-state index is 12.1. The zero-order chi connectivity index (χ0) is 11.5. The summed E-state index contributed by atoms with van der Waals surface area (Å²) >= 11 is 3.34. The summed E-state index contributed by atoms with van der Waals surface area (Å²) < 4.78 is 2.77. The molecule has 0 N–H and O–H groups in total. The van der Waals surface area contributed by atoms with Crippen LogP contribution in [0.4, 0.5) is 0 Å². The van der Waals surface area contributed by atoms with Crippen molar-refractivity contribution < 1.29 is 4.79 Å². The topological polar surface area (TPSA) is 34.9 Å². The summed E-state index contributed by atoms with van der Waals surface area (Å²) in [6, 6.07) is 7.16. The first-order valence-corrected chi connectivity index (χ1v) is 5.75. The molecule has 1 heterocycles. The summed E-state index contributed by atoms with van der Waals surface area (Å²) in [5, 5.41) is 0. The van der Waals surface area contributed by atoms with Gasteiger partial charge in [-0.2, -0.15) is 0 Å². The fourth-order valence-electron chi connectivity index (χ4n) is 1.49. The first-order valence-electron chi connectivity index (χ1n) is 4.95. The summed E-state index contributed by atoms with van der Waals surface area (Å²) in [5.74, 6) is 0.0884. The smallest absolute Gasteiger partial charge is 0.185 e. The van der Waals surface area contributed by atoms with E-state index in [0.29, 0.717) is 5.56 Å². The molecule has 16 heavy (non-hydrogen) atoms. The largest absolute Gasteiger partial charge is 0.327 e. The third kappa shape index (κ3) is 2.22. The minimum atomic E-state index is -0.219. The minimum Gasteiger partial charge on any atom is -0.327 e. The van der Waals surface area contributed by atoms with Gasteiger partial charge in [-0.1, -0.05) is 28.1 Å². The van der Waals surface area contributed by atoms with Gasteiger partial charge in [-0.15, -0.1) is 0 Å². The predicted octanol–water partition coefficient (Wildman–Crippen LogP) is 3.09. The highest BCUT2D eigenvalue weighted by atomic mass is 79.9. The molecular formula is C12H11BrN2O. The molecule has 3 nitrogen and oxygen atoms in total. The van der Waals surface area contributed by atoms with Crippen molar-refractivity contribution in [2.24, 2.45) is 0 Å². The summed E-state index contributed by atoms with van der Waals surface area (Å²) in [5.41, 5.74) is 0.712. The van der Waals surface area contributed by atoms with E-state index < -0.39 is 0 Å². The number of carbonyl (C=O) groups is 1. The molecule has 82 valence electrons. The molecular weight excluding hydrogens is 268 g/mol. The van der Waals surface area contributed by atoms with Crippen molar-refractivity contribution in [2.75, 3.05) is 0 Å². The van der Waals surface area contributed by atoms with Crippen LogP contribution < -0.4 is 0 Å². The van der Waals surface area contributed by atoms with Crippen LogP contribution in [0, 0.1) is 0 Å². The molecule has 1 aromatic heterocycles. The number of nitrogens with zero attached hydrogens (tertiary/aromatic N) is 2. The number of imidazole rings is 1. The zero-order valence-corrected chi connectivity index (χ0v) is 10.4. The van der Waals surface area contributed by atoms with Gasteiger partial charge >= 0.3 is 0 Å². The number of Topliss-reactive ketones (excluding diaryl/α,β-unsaturated/α-hetero) is 1. The normalized spacial score (nSPS) is 12.4. The Morgan fingerprint density at radius 2 is 2.06 bits per heavy atom. The second-order valence-electron chi connectivity index (χ2n) is 3.56. The fraction of sp³-hybridized carbons (Fsp3) is 0.167. The number of ketones is 1. The van der Waals surface area contributed by atoms with E-state index in [2.05, 4.69) is 20.9 Å². The van der Waals surface area contributed by atoms with Gasteiger partial charge in [-0.3, -0.25) is 4.79 Å². The molecule has 0 aliphatic rings. The van der Waals surface area contributed by atoms with Crippen LogP contribution >= 0.6 is 15.9 Å². The predicted molar refractivity (Wildman–Crippen MR) is 65.4 cm³/mol. The van der Waals surface area contributed by atoms with Crippen LogP contribution in [0.2, 0.25) is 0 Å². The number of hydrogen-bond acceptors (Lipinski definition) is 2. The molecule has 2 aromatic rings. The van der Waals surface area contributed by atoms with Gasteiger partial charge in [0.2, 0.25) is 0 Å². The van der Waals surface area contributed by atoms with Crippen molar-refractivity contribution in [1.82, 2.24) is 9.55 Å². The van der Waals surface area contributed by atoms with E-state index in [1.54, 1.807) is 23.3 Å². The highest BCUT2D eigenvalue weighted by molar-refractivity contribution is 9.10. The van der Waals surface area contributed by atoms with Gasteiger partial charge in [0, 0.05) is 22.4 Å². The van der Waals surface area contributed by atoms with Crippen LogP contribution in [0.5, 0.6) is 0 Å². The third-order valence-corrected chi connectivity index (χ3v) is 3.01. The van der Waals surface area contributed by atoms with Crippen LogP contribution in [0.3, 0.4) is 0 Å². The summed E-state index contributed by atoms with van der Waals surface area (Å²) in [6.45, 7) is 1.87. The van der Waals surface area contributed by atoms with Crippen LogP contribution in [0.25, 0.3) is 0 Å². The van der Waals surface area contributed by atoms with Crippen molar-refractivity contribution >= 4 is 21.7 Å². The highest BCUT2D eigenvalue weighted by Gasteiger charge is 2.15. The van der Waals surface area contributed by atoms with E-state index in [0.717, 1.165) is 4.47 Å². The molecule has 2 rings (SSSR count). The third-order valence-electron chi connectivity index (χ3n) is 2.48. The molecule has 0 bridgehead atoms. The lowest BCUT2D eigenvalue weighted by Crippen LogP contribution is -2.15. The molecule has 0 spiro atoms. The van der Waals surface area contributed by atoms with E-state index in [1.165, 1.54) is 0 Å². The Morgan fingerprint density at radius 3 is 2.62 bits per heavy atom. The van der Waals surface area contributed by atoms with Crippen LogP contribution in [-0.2, 0) is 0 Å². The van der Waals surface area contributed by atoms with Gasteiger partial charge in [0.15, 0.2) is 5.78 Å². The first-order chi connectivity index (χ1) is 7.68. The molecule has 0 amide bonds. The zero-order valence-electron chi connectivity index (χ0n) is 8.80. The monoisotopic (exact) mass is 278 g/mol. The number of carbonyl (C=O) groups excluding carboxylic acids is 1. The van der Waals surface area contributed by atoms with E-state index in [4.69, 9.17) is 0 Å². The van der Waals surface area contributed by atoms with Gasteiger partial charge in [0.1, 0.15) is 0 Å². The Bertz CT molecular complexity index is 476. The van der Waals surface area contributed by atoms with E-state index >= 15 is 0 Å². The van der Waals surface area contributed by atoms with Crippen LogP contribution in [-0.4, -0.2) is 15.3 Å². The molecule has 0 radical (unpaired) electrons. The second kappa shape index (κ2) is 4.61. The van der Waals surface area contributed by atoms with E-state index in [-0.39, 0.29) is 11.8 Å². The van der Waals surface area contributed by atoms with Crippen molar-refractivity contribution in [3.63, 3.8) is 0 Å². The minimum absolute atomic E-state index is 0.0884. The van der Waals surface area contributed by atoms with Crippen molar-refractivity contribution in [3.8, 4) is 0 Å². The number of hydrogen-bond donors (Lipinski definition) is 0. The molecule has 1 unspecified atom stereocenters. The van der Waals surface area contributed by atoms with Crippen molar-refractivity contribution in [3.05, 3.63) is 53.0 Å². The van der Waals surface area contributed by atoms with Gasteiger partial charge in [0.05, 0.1) is 12.4 Å². The molecule has 1 atom stereocenters. The molecule has 0 saturated heterocycles. The van der Waals surface area contributed by atoms with Gasteiger partial charge in [-0.25, -0.2) is 4.98 Å². The number of aromatic nitrogens is 2. The lowest BCUT2D eigenvalue weighted by Gasteiger charge is -2.11. The van der Waals surface area contributed by atoms with Crippen molar-refractivity contribution in [2.45, 2.75) is 13.0 Å². The Labute approximate surface area is 102 Å². The Morgan fingerprint density at radius 1 is 1.38 bits per heavy atom. The Kier molecular flexibility index (Phi) is 3.19. The van der Waals surface area contributed by atoms with Gasteiger partial charge < -0.3 is 4.57 Å². The summed E-state index contributed by atoms with van der Waals surface area (Å²) in [6.07, 6.45) is 5.12. The molecule has 0 fully saturated rings. The average molecular weight is 279 g/mol. The Balaban J connectivity index is 2.22.